The lowest BCUT2D eigenvalue weighted by molar-refractivity contribution is 0.439. The second-order valence-corrected chi connectivity index (χ2v) is 7.71. The van der Waals surface area contributed by atoms with E-state index in [4.69, 9.17) is 5.73 Å². The van der Waals surface area contributed by atoms with Gasteiger partial charge in [0.2, 0.25) is 10.0 Å². The molecule has 0 bridgehead atoms. The first kappa shape index (κ1) is 15.5. The molecule has 4 nitrogen and oxygen atoms in total. The Hall–Kier alpha value is -0.910. The minimum atomic E-state index is -3.42. The largest absolute Gasteiger partial charge is 0.326 e. The summed E-state index contributed by atoms with van der Waals surface area (Å²) in [5.74, 6) is 0.278. The van der Waals surface area contributed by atoms with Gasteiger partial charge in [-0.05, 0) is 43.4 Å². The third kappa shape index (κ3) is 2.90. The number of hydrogen-bond acceptors (Lipinski definition) is 3. The molecule has 1 heterocycles. The average molecular weight is 296 g/mol. The summed E-state index contributed by atoms with van der Waals surface area (Å²) >= 11 is 0. The fourth-order valence-electron chi connectivity index (χ4n) is 2.85. The van der Waals surface area contributed by atoms with E-state index < -0.39 is 10.0 Å². The molecule has 1 aromatic rings. The van der Waals surface area contributed by atoms with E-state index in [2.05, 4.69) is 6.92 Å². The molecule has 1 fully saturated rings. The van der Waals surface area contributed by atoms with Crippen molar-refractivity contribution in [3.05, 3.63) is 29.3 Å². The van der Waals surface area contributed by atoms with Gasteiger partial charge in [-0.25, -0.2) is 8.42 Å². The first-order valence-electron chi connectivity index (χ1n) is 7.19. The summed E-state index contributed by atoms with van der Waals surface area (Å²) in [4.78, 5) is 0.418. The molecule has 0 aromatic heterocycles. The molecule has 1 aromatic carbocycles. The predicted octanol–water partition coefficient (Wildman–Crippen LogP) is 2.05. The van der Waals surface area contributed by atoms with Crippen LogP contribution in [0.3, 0.4) is 0 Å². The van der Waals surface area contributed by atoms with Crippen LogP contribution in [0.1, 0.15) is 30.9 Å². The quantitative estimate of drug-likeness (QED) is 0.925. The average Bonchev–Trinajstić information content (AvgIpc) is 2.75. The van der Waals surface area contributed by atoms with Gasteiger partial charge in [-0.15, -0.1) is 0 Å². The number of rotatable bonds is 4. The standard InChI is InChI=1S/C15H24N2O2S/c1-4-5-13-9-17(10-14(13)16)20(18,19)15-8-11(2)6-7-12(15)3/h6-8,13-14H,4-5,9-10,16H2,1-3H3/t13-,14-/m1/s1. The van der Waals surface area contributed by atoms with Crippen molar-refractivity contribution >= 4 is 10.0 Å². The second kappa shape index (κ2) is 5.84. The van der Waals surface area contributed by atoms with Gasteiger partial charge in [-0.1, -0.05) is 25.5 Å². The molecule has 2 rings (SSSR count). The topological polar surface area (TPSA) is 63.4 Å². The van der Waals surface area contributed by atoms with Crippen LogP contribution < -0.4 is 5.73 Å². The number of benzene rings is 1. The Kier molecular flexibility index (Phi) is 4.52. The third-order valence-corrected chi connectivity index (χ3v) is 6.05. The van der Waals surface area contributed by atoms with Crippen molar-refractivity contribution in [1.82, 2.24) is 4.31 Å². The van der Waals surface area contributed by atoms with Crippen molar-refractivity contribution in [2.75, 3.05) is 13.1 Å². The van der Waals surface area contributed by atoms with Crippen LogP contribution >= 0.6 is 0 Å². The lowest BCUT2D eigenvalue weighted by atomic mass is 9.99. The van der Waals surface area contributed by atoms with E-state index in [9.17, 15) is 8.42 Å². The lowest BCUT2D eigenvalue weighted by Crippen LogP contribution is -2.32. The Morgan fingerprint density at radius 2 is 2.00 bits per heavy atom. The maximum absolute atomic E-state index is 12.8. The summed E-state index contributed by atoms with van der Waals surface area (Å²) in [6.07, 6.45) is 2.02. The normalized spacial score (nSPS) is 24.2. The molecule has 20 heavy (non-hydrogen) atoms. The first-order chi connectivity index (χ1) is 9.36. The highest BCUT2D eigenvalue weighted by molar-refractivity contribution is 7.89. The Bertz CT molecular complexity index is 584. The molecule has 2 atom stereocenters. The zero-order chi connectivity index (χ0) is 14.9. The predicted molar refractivity (Wildman–Crippen MR) is 81.0 cm³/mol. The van der Waals surface area contributed by atoms with E-state index >= 15 is 0 Å². The van der Waals surface area contributed by atoms with Crippen molar-refractivity contribution in [1.29, 1.82) is 0 Å². The highest BCUT2D eigenvalue weighted by Crippen LogP contribution is 2.28. The molecule has 1 aliphatic rings. The van der Waals surface area contributed by atoms with Gasteiger partial charge in [0.05, 0.1) is 4.90 Å². The minimum Gasteiger partial charge on any atom is -0.326 e. The van der Waals surface area contributed by atoms with Crippen molar-refractivity contribution in [2.24, 2.45) is 11.7 Å². The summed E-state index contributed by atoms with van der Waals surface area (Å²) in [5.41, 5.74) is 7.85. The molecular formula is C15H24N2O2S. The van der Waals surface area contributed by atoms with Gasteiger partial charge in [0.15, 0.2) is 0 Å². The van der Waals surface area contributed by atoms with E-state index in [0.29, 0.717) is 18.0 Å². The van der Waals surface area contributed by atoms with Gasteiger partial charge in [-0.2, -0.15) is 4.31 Å². The van der Waals surface area contributed by atoms with Gasteiger partial charge in [-0.3, -0.25) is 0 Å². The zero-order valence-corrected chi connectivity index (χ0v) is 13.3. The van der Waals surface area contributed by atoms with Crippen molar-refractivity contribution in [3.8, 4) is 0 Å². The molecule has 0 unspecified atom stereocenters. The van der Waals surface area contributed by atoms with E-state index in [1.54, 1.807) is 10.4 Å². The monoisotopic (exact) mass is 296 g/mol. The Balaban J connectivity index is 2.30. The fourth-order valence-corrected chi connectivity index (χ4v) is 4.70. The summed E-state index contributed by atoms with van der Waals surface area (Å²) in [5, 5.41) is 0. The smallest absolute Gasteiger partial charge is 0.243 e. The van der Waals surface area contributed by atoms with Crippen LogP contribution in [0.5, 0.6) is 0 Å². The van der Waals surface area contributed by atoms with E-state index in [1.807, 2.05) is 26.0 Å². The number of aryl methyl sites for hydroxylation is 2. The molecule has 0 aliphatic carbocycles. The van der Waals surface area contributed by atoms with Crippen LogP contribution in [-0.2, 0) is 10.0 Å². The highest BCUT2D eigenvalue weighted by atomic mass is 32.2. The molecule has 1 aliphatic heterocycles. The van der Waals surface area contributed by atoms with Gasteiger partial charge in [0.1, 0.15) is 0 Å². The number of sulfonamides is 1. The SMILES string of the molecule is CCC[C@@H]1CN(S(=O)(=O)c2cc(C)ccc2C)C[C@H]1N. The summed E-state index contributed by atoms with van der Waals surface area (Å²) in [6, 6.07) is 5.50. The molecule has 5 heteroatoms. The summed E-state index contributed by atoms with van der Waals surface area (Å²) in [7, 11) is -3.42. The Labute approximate surface area is 122 Å². The summed E-state index contributed by atoms with van der Waals surface area (Å²) in [6.45, 7) is 6.83. The van der Waals surface area contributed by atoms with Gasteiger partial charge < -0.3 is 5.73 Å². The maximum Gasteiger partial charge on any atom is 0.243 e. The van der Waals surface area contributed by atoms with Crippen LogP contribution in [0, 0.1) is 19.8 Å². The maximum atomic E-state index is 12.8. The molecule has 0 radical (unpaired) electrons. The molecule has 0 spiro atoms. The van der Waals surface area contributed by atoms with Gasteiger partial charge >= 0.3 is 0 Å². The van der Waals surface area contributed by atoms with Crippen LogP contribution in [0.2, 0.25) is 0 Å². The van der Waals surface area contributed by atoms with E-state index in [0.717, 1.165) is 24.0 Å². The van der Waals surface area contributed by atoms with Crippen LogP contribution in [-0.4, -0.2) is 31.9 Å². The van der Waals surface area contributed by atoms with E-state index in [-0.39, 0.29) is 12.0 Å². The molecule has 112 valence electrons. The summed E-state index contributed by atoms with van der Waals surface area (Å²) < 4.78 is 27.1. The molecule has 0 saturated carbocycles. The van der Waals surface area contributed by atoms with Crippen molar-refractivity contribution < 1.29 is 8.42 Å². The van der Waals surface area contributed by atoms with Gasteiger partial charge in [0.25, 0.3) is 0 Å². The third-order valence-electron chi connectivity index (χ3n) is 4.08. The number of nitrogens with two attached hydrogens (primary N) is 1. The zero-order valence-electron chi connectivity index (χ0n) is 12.5. The second-order valence-electron chi connectivity index (χ2n) is 5.80. The first-order valence-corrected chi connectivity index (χ1v) is 8.63. The number of nitrogens with zero attached hydrogens (tertiary/aromatic N) is 1. The fraction of sp³-hybridized carbons (Fsp3) is 0.600. The number of hydrogen-bond donors (Lipinski definition) is 1. The van der Waals surface area contributed by atoms with Crippen LogP contribution in [0.4, 0.5) is 0 Å². The van der Waals surface area contributed by atoms with Gasteiger partial charge in [0, 0.05) is 19.1 Å². The molecule has 2 N–H and O–H groups in total. The van der Waals surface area contributed by atoms with E-state index in [1.165, 1.54) is 0 Å². The molecule has 1 saturated heterocycles. The van der Waals surface area contributed by atoms with Crippen molar-refractivity contribution in [3.63, 3.8) is 0 Å². The minimum absolute atomic E-state index is 0.0464. The van der Waals surface area contributed by atoms with Crippen LogP contribution in [0.25, 0.3) is 0 Å². The lowest BCUT2D eigenvalue weighted by Gasteiger charge is -2.18. The van der Waals surface area contributed by atoms with Crippen LogP contribution in [0.15, 0.2) is 23.1 Å². The van der Waals surface area contributed by atoms with Crippen molar-refractivity contribution in [2.45, 2.75) is 44.6 Å². The Morgan fingerprint density at radius 1 is 1.30 bits per heavy atom. The highest BCUT2D eigenvalue weighted by Gasteiger charge is 2.37. The molecular weight excluding hydrogens is 272 g/mol. The molecule has 0 amide bonds. The Morgan fingerprint density at radius 3 is 2.65 bits per heavy atom.